The molecule has 0 fully saturated rings. The minimum atomic E-state index is -1.17. The second kappa shape index (κ2) is 7.85. The van der Waals surface area contributed by atoms with E-state index < -0.39 is 24.0 Å². The zero-order valence-electron chi connectivity index (χ0n) is 11.4. The monoisotopic (exact) mass is 332 g/mol. The fourth-order valence-corrected chi connectivity index (χ4v) is 1.94. The van der Waals surface area contributed by atoms with Crippen LogP contribution in [-0.4, -0.2) is 30.6 Å². The third kappa shape index (κ3) is 4.91. The summed E-state index contributed by atoms with van der Waals surface area (Å²) < 4.78 is 4.94. The van der Waals surface area contributed by atoms with E-state index in [1.54, 1.807) is 13.0 Å². The van der Waals surface area contributed by atoms with Crippen molar-refractivity contribution in [2.75, 3.05) is 6.54 Å². The van der Waals surface area contributed by atoms with Gasteiger partial charge < -0.3 is 10.1 Å². The van der Waals surface area contributed by atoms with Crippen molar-refractivity contribution in [1.82, 2.24) is 10.6 Å². The molecule has 1 rings (SSSR count). The summed E-state index contributed by atoms with van der Waals surface area (Å²) in [5.41, 5.74) is -0.0292. The predicted octanol–water partition coefficient (Wildman–Crippen LogP) is 2.38. The smallest absolute Gasteiger partial charge is 0.341 e. The molecule has 0 radical (unpaired) electrons. The number of nitrogens with one attached hydrogen (secondary N) is 2. The Labute approximate surface area is 131 Å². The van der Waals surface area contributed by atoms with Gasteiger partial charge in [0, 0.05) is 6.54 Å². The number of benzene rings is 1. The number of ether oxygens (including phenoxy) is 1. The minimum absolute atomic E-state index is 0.0292. The summed E-state index contributed by atoms with van der Waals surface area (Å²) in [6, 6.07) is 3.86. The topological polar surface area (TPSA) is 84.5 Å². The average molecular weight is 333 g/mol. The highest BCUT2D eigenvalue weighted by atomic mass is 35.5. The molecule has 0 bridgehead atoms. The zero-order chi connectivity index (χ0) is 16.0. The molecule has 1 aromatic rings. The van der Waals surface area contributed by atoms with Gasteiger partial charge >= 0.3 is 12.0 Å². The van der Waals surface area contributed by atoms with Crippen molar-refractivity contribution in [3.63, 3.8) is 0 Å². The molecule has 8 heteroatoms. The summed E-state index contributed by atoms with van der Waals surface area (Å²) >= 11 is 11.7. The van der Waals surface area contributed by atoms with E-state index in [2.05, 4.69) is 5.32 Å². The fourth-order valence-electron chi connectivity index (χ4n) is 1.38. The Bertz CT molecular complexity index is 543. The largest absolute Gasteiger partial charge is 0.449 e. The molecule has 6 nitrogen and oxygen atoms in total. The second-order valence-electron chi connectivity index (χ2n) is 3.99. The van der Waals surface area contributed by atoms with E-state index in [1.807, 2.05) is 5.32 Å². The zero-order valence-corrected chi connectivity index (χ0v) is 12.9. The molecular weight excluding hydrogens is 319 g/mol. The van der Waals surface area contributed by atoms with Gasteiger partial charge in [0.05, 0.1) is 15.6 Å². The summed E-state index contributed by atoms with van der Waals surface area (Å²) in [7, 11) is 0. The van der Waals surface area contributed by atoms with Crippen molar-refractivity contribution in [3.05, 3.63) is 33.8 Å². The number of esters is 1. The highest BCUT2D eigenvalue weighted by Crippen LogP contribution is 2.25. The van der Waals surface area contributed by atoms with E-state index in [1.165, 1.54) is 19.1 Å². The maximum absolute atomic E-state index is 11.9. The maximum atomic E-state index is 11.9. The highest BCUT2D eigenvalue weighted by molar-refractivity contribution is 6.39. The Kier molecular flexibility index (Phi) is 6.45. The van der Waals surface area contributed by atoms with Gasteiger partial charge in [0.1, 0.15) is 0 Å². The van der Waals surface area contributed by atoms with Gasteiger partial charge in [-0.25, -0.2) is 9.59 Å². The Hall–Kier alpha value is -1.79. The van der Waals surface area contributed by atoms with Crippen LogP contribution in [0.5, 0.6) is 0 Å². The first kappa shape index (κ1) is 17.3. The Morgan fingerprint density at radius 3 is 2.33 bits per heavy atom. The van der Waals surface area contributed by atoms with Crippen molar-refractivity contribution < 1.29 is 19.1 Å². The molecule has 0 saturated carbocycles. The molecule has 0 aromatic heterocycles. The van der Waals surface area contributed by atoms with Crippen molar-refractivity contribution in [3.8, 4) is 0 Å². The molecule has 1 atom stereocenters. The fraction of sp³-hybridized carbons (Fsp3) is 0.308. The molecule has 114 valence electrons. The van der Waals surface area contributed by atoms with Crippen molar-refractivity contribution in [2.45, 2.75) is 20.0 Å². The first-order valence-electron chi connectivity index (χ1n) is 6.10. The van der Waals surface area contributed by atoms with Gasteiger partial charge in [-0.15, -0.1) is 0 Å². The lowest BCUT2D eigenvalue weighted by Gasteiger charge is -2.14. The van der Waals surface area contributed by atoms with E-state index >= 15 is 0 Å². The van der Waals surface area contributed by atoms with Crippen molar-refractivity contribution in [2.24, 2.45) is 0 Å². The van der Waals surface area contributed by atoms with Gasteiger partial charge in [-0.1, -0.05) is 29.3 Å². The molecule has 0 spiro atoms. The molecular formula is C13H14Cl2N2O4. The van der Waals surface area contributed by atoms with Gasteiger partial charge in [-0.2, -0.15) is 0 Å². The molecule has 3 amide bonds. The van der Waals surface area contributed by atoms with Gasteiger partial charge in [-0.3, -0.25) is 10.1 Å². The summed E-state index contributed by atoms with van der Waals surface area (Å²) in [6.45, 7) is 3.40. The van der Waals surface area contributed by atoms with Crippen LogP contribution in [0.2, 0.25) is 10.0 Å². The van der Waals surface area contributed by atoms with E-state index in [0.717, 1.165) is 0 Å². The summed E-state index contributed by atoms with van der Waals surface area (Å²) in [4.78, 5) is 34.8. The van der Waals surface area contributed by atoms with E-state index in [4.69, 9.17) is 27.9 Å². The number of rotatable bonds is 4. The van der Waals surface area contributed by atoms with Crippen LogP contribution < -0.4 is 10.6 Å². The normalized spacial score (nSPS) is 11.4. The van der Waals surface area contributed by atoms with Gasteiger partial charge in [0.2, 0.25) is 0 Å². The standard InChI is InChI=1S/C13H14Cl2N2O4/c1-3-16-13(20)17-11(18)7(2)21-12(19)10-8(14)5-4-6-9(10)15/h4-7H,3H2,1-2H3,(H2,16,17,18,20). The third-order valence-electron chi connectivity index (χ3n) is 2.39. The average Bonchev–Trinajstić information content (AvgIpc) is 2.38. The Morgan fingerprint density at radius 1 is 1.24 bits per heavy atom. The quantitative estimate of drug-likeness (QED) is 0.829. The number of halogens is 2. The number of urea groups is 1. The van der Waals surface area contributed by atoms with Crippen LogP contribution in [-0.2, 0) is 9.53 Å². The van der Waals surface area contributed by atoms with Crippen LogP contribution in [0.4, 0.5) is 4.79 Å². The van der Waals surface area contributed by atoms with E-state index in [9.17, 15) is 14.4 Å². The molecule has 2 N–H and O–H groups in total. The maximum Gasteiger partial charge on any atom is 0.341 e. The van der Waals surface area contributed by atoms with Gasteiger partial charge in [-0.05, 0) is 26.0 Å². The summed E-state index contributed by atoms with van der Waals surface area (Å²) in [5.74, 6) is -1.60. The van der Waals surface area contributed by atoms with Crippen molar-refractivity contribution in [1.29, 1.82) is 0 Å². The summed E-state index contributed by atoms with van der Waals surface area (Å²) in [6.07, 6.45) is -1.17. The number of carbonyl (C=O) groups excluding carboxylic acids is 3. The lowest BCUT2D eigenvalue weighted by atomic mass is 10.2. The second-order valence-corrected chi connectivity index (χ2v) is 4.81. The molecule has 0 heterocycles. The Balaban J connectivity index is 2.70. The molecule has 21 heavy (non-hydrogen) atoms. The number of amides is 3. The summed E-state index contributed by atoms with van der Waals surface area (Å²) in [5, 5.41) is 4.64. The van der Waals surface area contributed by atoms with E-state index in [0.29, 0.717) is 6.54 Å². The van der Waals surface area contributed by atoms with Crippen molar-refractivity contribution >= 4 is 41.1 Å². The lowest BCUT2D eigenvalue weighted by Crippen LogP contribution is -2.44. The van der Waals surface area contributed by atoms with Crippen LogP contribution >= 0.6 is 23.2 Å². The molecule has 1 unspecified atom stereocenters. The lowest BCUT2D eigenvalue weighted by molar-refractivity contribution is -0.127. The minimum Gasteiger partial charge on any atom is -0.449 e. The van der Waals surface area contributed by atoms with Crippen LogP contribution in [0.1, 0.15) is 24.2 Å². The first-order valence-corrected chi connectivity index (χ1v) is 6.86. The van der Waals surface area contributed by atoms with Crippen LogP contribution in [0, 0.1) is 0 Å². The number of hydrogen-bond donors (Lipinski definition) is 2. The molecule has 0 aliphatic carbocycles. The Morgan fingerprint density at radius 2 is 1.81 bits per heavy atom. The van der Waals surface area contributed by atoms with Gasteiger partial charge in [0.15, 0.2) is 6.10 Å². The van der Waals surface area contributed by atoms with Crippen LogP contribution in [0.25, 0.3) is 0 Å². The molecule has 0 aliphatic heterocycles. The molecule has 1 aromatic carbocycles. The SMILES string of the molecule is CCNC(=O)NC(=O)C(C)OC(=O)c1c(Cl)cccc1Cl. The number of imide groups is 1. The third-order valence-corrected chi connectivity index (χ3v) is 3.02. The molecule has 0 aliphatic rings. The van der Waals surface area contributed by atoms with Crippen LogP contribution in [0.15, 0.2) is 18.2 Å². The van der Waals surface area contributed by atoms with Gasteiger partial charge in [0.25, 0.3) is 5.91 Å². The molecule has 0 saturated heterocycles. The number of carbonyl (C=O) groups is 3. The first-order chi connectivity index (χ1) is 9.86. The van der Waals surface area contributed by atoms with Crippen LogP contribution in [0.3, 0.4) is 0 Å². The number of hydrogen-bond acceptors (Lipinski definition) is 4. The predicted molar refractivity (Wildman–Crippen MR) is 78.6 cm³/mol. The van der Waals surface area contributed by atoms with E-state index in [-0.39, 0.29) is 15.6 Å². The highest BCUT2D eigenvalue weighted by Gasteiger charge is 2.23.